The summed E-state index contributed by atoms with van der Waals surface area (Å²) in [5, 5.41) is 11.8. The molecule has 5 heteroatoms. The largest absolute Gasteiger partial charge is 0.385 e. The summed E-state index contributed by atoms with van der Waals surface area (Å²) in [6.45, 7) is 2.30. The summed E-state index contributed by atoms with van der Waals surface area (Å²) < 4.78 is 5.56. The molecular formula is C23H26ClNO3. The lowest BCUT2D eigenvalue weighted by atomic mass is 9.72. The van der Waals surface area contributed by atoms with Gasteiger partial charge in [-0.15, -0.1) is 0 Å². The van der Waals surface area contributed by atoms with E-state index in [-0.39, 0.29) is 5.91 Å². The minimum Gasteiger partial charge on any atom is -0.385 e. The second kappa shape index (κ2) is 7.86. The minimum atomic E-state index is -0.906. The van der Waals surface area contributed by atoms with Crippen molar-refractivity contribution in [1.82, 2.24) is 4.90 Å². The maximum Gasteiger partial charge on any atom is 0.233 e. The Kier molecular flexibility index (Phi) is 5.46. The van der Waals surface area contributed by atoms with Crippen LogP contribution in [0.4, 0.5) is 0 Å². The molecule has 2 aliphatic rings. The standard InChI is InChI=1S/C23H26ClNO3/c24-20-8-6-19(7-9-20)23(27)10-14-25(15-11-23)21(26)22(12-16-28-17-13-22)18-4-2-1-3-5-18/h1-9,27H,10-17H2. The molecule has 2 aromatic rings. The summed E-state index contributed by atoms with van der Waals surface area (Å²) >= 11 is 5.98. The van der Waals surface area contributed by atoms with Crippen LogP contribution in [0.1, 0.15) is 36.8 Å². The maximum atomic E-state index is 13.6. The van der Waals surface area contributed by atoms with Gasteiger partial charge in [-0.1, -0.05) is 54.1 Å². The minimum absolute atomic E-state index is 0.167. The summed E-state index contributed by atoms with van der Waals surface area (Å²) in [5.74, 6) is 0.167. The van der Waals surface area contributed by atoms with Crippen molar-refractivity contribution in [3.63, 3.8) is 0 Å². The maximum absolute atomic E-state index is 13.6. The number of piperidine rings is 1. The van der Waals surface area contributed by atoms with Crippen LogP contribution in [-0.2, 0) is 20.5 Å². The van der Waals surface area contributed by atoms with Crippen molar-refractivity contribution in [1.29, 1.82) is 0 Å². The number of carbonyl (C=O) groups excluding carboxylic acids is 1. The number of ether oxygens (including phenoxy) is 1. The number of carbonyl (C=O) groups is 1. The first-order chi connectivity index (χ1) is 13.5. The third-order valence-electron chi connectivity index (χ3n) is 6.34. The fourth-order valence-corrected chi connectivity index (χ4v) is 4.66. The van der Waals surface area contributed by atoms with Gasteiger partial charge in [0.1, 0.15) is 0 Å². The Balaban J connectivity index is 1.53. The highest BCUT2D eigenvalue weighted by Crippen LogP contribution is 2.39. The van der Waals surface area contributed by atoms with Crippen LogP contribution in [0.25, 0.3) is 0 Å². The normalized spacial score (nSPS) is 21.3. The van der Waals surface area contributed by atoms with Crippen LogP contribution in [0.3, 0.4) is 0 Å². The Labute approximate surface area is 171 Å². The summed E-state index contributed by atoms with van der Waals surface area (Å²) in [5.41, 5.74) is 0.515. The van der Waals surface area contributed by atoms with Gasteiger partial charge in [-0.2, -0.15) is 0 Å². The fraction of sp³-hybridized carbons (Fsp3) is 0.435. The number of hydrogen-bond acceptors (Lipinski definition) is 3. The van der Waals surface area contributed by atoms with Crippen molar-refractivity contribution in [3.05, 3.63) is 70.7 Å². The van der Waals surface area contributed by atoms with E-state index in [9.17, 15) is 9.90 Å². The molecule has 4 nitrogen and oxygen atoms in total. The molecule has 4 rings (SSSR count). The zero-order chi connectivity index (χ0) is 19.6. The van der Waals surface area contributed by atoms with Gasteiger partial charge >= 0.3 is 0 Å². The lowest BCUT2D eigenvalue weighted by Gasteiger charge is -2.44. The molecule has 2 heterocycles. The number of amides is 1. The van der Waals surface area contributed by atoms with Gasteiger partial charge in [-0.3, -0.25) is 4.79 Å². The van der Waals surface area contributed by atoms with E-state index < -0.39 is 11.0 Å². The Bertz CT molecular complexity index is 808. The highest BCUT2D eigenvalue weighted by molar-refractivity contribution is 6.30. The van der Waals surface area contributed by atoms with Gasteiger partial charge in [0, 0.05) is 31.3 Å². The molecule has 2 saturated heterocycles. The molecule has 0 unspecified atom stereocenters. The molecule has 0 aromatic heterocycles. The van der Waals surface area contributed by atoms with Gasteiger partial charge in [-0.05, 0) is 48.9 Å². The molecule has 0 atom stereocenters. The zero-order valence-corrected chi connectivity index (χ0v) is 16.7. The average molecular weight is 400 g/mol. The Morgan fingerprint density at radius 3 is 2.11 bits per heavy atom. The number of hydrogen-bond donors (Lipinski definition) is 1. The van der Waals surface area contributed by atoms with Crippen LogP contribution in [0.5, 0.6) is 0 Å². The lowest BCUT2D eigenvalue weighted by molar-refractivity contribution is -0.145. The molecule has 2 aromatic carbocycles. The van der Waals surface area contributed by atoms with E-state index in [1.807, 2.05) is 35.2 Å². The van der Waals surface area contributed by atoms with Crippen molar-refractivity contribution < 1.29 is 14.6 Å². The third kappa shape index (κ3) is 3.57. The van der Waals surface area contributed by atoms with Gasteiger partial charge in [0.2, 0.25) is 5.91 Å². The highest BCUT2D eigenvalue weighted by atomic mass is 35.5. The Morgan fingerprint density at radius 1 is 0.893 bits per heavy atom. The van der Waals surface area contributed by atoms with Crippen molar-refractivity contribution >= 4 is 17.5 Å². The number of benzene rings is 2. The van der Waals surface area contributed by atoms with Crippen LogP contribution in [0.2, 0.25) is 5.02 Å². The molecule has 148 valence electrons. The van der Waals surface area contributed by atoms with Crippen molar-refractivity contribution in [2.75, 3.05) is 26.3 Å². The van der Waals surface area contributed by atoms with E-state index in [0.29, 0.717) is 57.0 Å². The van der Waals surface area contributed by atoms with Crippen LogP contribution in [0.15, 0.2) is 54.6 Å². The van der Waals surface area contributed by atoms with Crippen LogP contribution in [0, 0.1) is 0 Å². The summed E-state index contributed by atoms with van der Waals surface area (Å²) in [6.07, 6.45) is 2.46. The number of halogens is 1. The van der Waals surface area contributed by atoms with E-state index >= 15 is 0 Å². The van der Waals surface area contributed by atoms with Crippen LogP contribution < -0.4 is 0 Å². The number of likely N-dealkylation sites (tertiary alicyclic amines) is 1. The van der Waals surface area contributed by atoms with E-state index in [1.54, 1.807) is 12.1 Å². The molecule has 2 fully saturated rings. The number of rotatable bonds is 3. The first-order valence-corrected chi connectivity index (χ1v) is 10.3. The summed E-state index contributed by atoms with van der Waals surface area (Å²) in [6, 6.07) is 17.4. The quantitative estimate of drug-likeness (QED) is 0.851. The topological polar surface area (TPSA) is 49.8 Å². The molecule has 2 aliphatic heterocycles. The molecule has 0 bridgehead atoms. The molecule has 1 amide bonds. The molecule has 0 spiro atoms. The number of aliphatic hydroxyl groups is 1. The monoisotopic (exact) mass is 399 g/mol. The predicted molar refractivity (Wildman–Crippen MR) is 109 cm³/mol. The molecule has 0 aliphatic carbocycles. The SMILES string of the molecule is O=C(N1CCC(O)(c2ccc(Cl)cc2)CC1)C1(c2ccccc2)CCOCC1. The van der Waals surface area contributed by atoms with E-state index in [4.69, 9.17) is 16.3 Å². The van der Waals surface area contributed by atoms with Gasteiger partial charge in [0.25, 0.3) is 0 Å². The average Bonchev–Trinajstić information content (AvgIpc) is 2.75. The molecule has 28 heavy (non-hydrogen) atoms. The van der Waals surface area contributed by atoms with Crippen molar-refractivity contribution in [3.8, 4) is 0 Å². The summed E-state index contributed by atoms with van der Waals surface area (Å²) in [4.78, 5) is 15.6. The van der Waals surface area contributed by atoms with Crippen LogP contribution >= 0.6 is 11.6 Å². The molecular weight excluding hydrogens is 374 g/mol. The molecule has 0 saturated carbocycles. The van der Waals surface area contributed by atoms with Gasteiger partial charge in [0.15, 0.2) is 0 Å². The second-order valence-electron chi connectivity index (χ2n) is 7.89. The second-order valence-corrected chi connectivity index (χ2v) is 8.33. The van der Waals surface area contributed by atoms with E-state index in [1.165, 1.54) is 0 Å². The van der Waals surface area contributed by atoms with E-state index in [2.05, 4.69) is 12.1 Å². The highest BCUT2D eigenvalue weighted by Gasteiger charge is 2.46. The molecule has 1 N–H and O–H groups in total. The Hall–Kier alpha value is -1.88. The van der Waals surface area contributed by atoms with Crippen molar-refractivity contribution in [2.45, 2.75) is 36.7 Å². The lowest BCUT2D eigenvalue weighted by Crippen LogP contribution is -2.54. The first-order valence-electron chi connectivity index (χ1n) is 9.95. The van der Waals surface area contributed by atoms with Gasteiger partial charge in [0.05, 0.1) is 11.0 Å². The smallest absolute Gasteiger partial charge is 0.233 e. The van der Waals surface area contributed by atoms with Crippen molar-refractivity contribution in [2.24, 2.45) is 0 Å². The third-order valence-corrected chi connectivity index (χ3v) is 6.59. The number of nitrogens with zero attached hydrogens (tertiary/aromatic N) is 1. The molecule has 0 radical (unpaired) electrons. The fourth-order valence-electron chi connectivity index (χ4n) is 4.53. The van der Waals surface area contributed by atoms with Gasteiger partial charge < -0.3 is 14.7 Å². The predicted octanol–water partition coefficient (Wildman–Crippen LogP) is 3.90. The first kappa shape index (κ1) is 19.4. The van der Waals surface area contributed by atoms with Crippen LogP contribution in [-0.4, -0.2) is 42.2 Å². The Morgan fingerprint density at radius 2 is 1.50 bits per heavy atom. The van der Waals surface area contributed by atoms with E-state index in [0.717, 1.165) is 11.1 Å². The van der Waals surface area contributed by atoms with Gasteiger partial charge in [-0.25, -0.2) is 0 Å². The summed E-state index contributed by atoms with van der Waals surface area (Å²) in [7, 11) is 0. The zero-order valence-electron chi connectivity index (χ0n) is 15.9.